The fourth-order valence-corrected chi connectivity index (χ4v) is 1.62. The number of imidazole rings is 1. The fraction of sp³-hybridized carbons (Fsp3) is 0.250. The van der Waals surface area contributed by atoms with Gasteiger partial charge in [0.1, 0.15) is 0 Å². The Kier molecular flexibility index (Phi) is 1.94. The molecule has 0 aliphatic rings. The molecule has 0 fully saturated rings. The third-order valence-corrected chi connectivity index (χ3v) is 2.11. The molecule has 2 aromatic heterocycles. The molecule has 5 heteroatoms. The van der Waals surface area contributed by atoms with Gasteiger partial charge in [-0.2, -0.15) is 4.98 Å². The maximum Gasteiger partial charge on any atom is 0.235 e. The summed E-state index contributed by atoms with van der Waals surface area (Å²) in [7, 11) is 0. The molecule has 4 nitrogen and oxygen atoms in total. The van der Waals surface area contributed by atoms with E-state index >= 15 is 0 Å². The van der Waals surface area contributed by atoms with Crippen LogP contribution < -0.4 is 5.73 Å². The van der Waals surface area contributed by atoms with Crippen molar-refractivity contribution >= 4 is 17.4 Å². The van der Waals surface area contributed by atoms with Crippen molar-refractivity contribution in [2.75, 3.05) is 0 Å². The van der Waals surface area contributed by atoms with E-state index in [2.05, 4.69) is 9.97 Å². The average molecular weight is 197 g/mol. The SMILES string of the molecule is CC(N)c1c(Cl)nc2ncccn12. The molecule has 0 saturated heterocycles. The Balaban J connectivity index is 2.78. The van der Waals surface area contributed by atoms with Crippen LogP contribution in [0.25, 0.3) is 5.78 Å². The molecule has 2 N–H and O–H groups in total. The Hall–Kier alpha value is -1.13. The van der Waals surface area contributed by atoms with E-state index in [9.17, 15) is 0 Å². The second kappa shape index (κ2) is 2.97. The number of nitrogens with zero attached hydrogens (tertiary/aromatic N) is 3. The minimum Gasteiger partial charge on any atom is -0.323 e. The zero-order valence-electron chi connectivity index (χ0n) is 7.11. The fourth-order valence-electron chi connectivity index (χ4n) is 1.29. The Labute approximate surface area is 80.4 Å². The molecule has 0 bridgehead atoms. The summed E-state index contributed by atoms with van der Waals surface area (Å²) in [5.74, 6) is 0.583. The van der Waals surface area contributed by atoms with Gasteiger partial charge in [-0.1, -0.05) is 11.6 Å². The lowest BCUT2D eigenvalue weighted by molar-refractivity contribution is 0.767. The summed E-state index contributed by atoms with van der Waals surface area (Å²) in [6.07, 6.45) is 3.52. The molecule has 0 saturated carbocycles. The minimum atomic E-state index is -0.147. The van der Waals surface area contributed by atoms with E-state index in [1.807, 2.05) is 19.2 Å². The maximum absolute atomic E-state index is 5.91. The Morgan fingerprint density at radius 3 is 3.08 bits per heavy atom. The second-order valence-corrected chi connectivity index (χ2v) is 3.22. The van der Waals surface area contributed by atoms with Crippen LogP contribution in [0.4, 0.5) is 0 Å². The van der Waals surface area contributed by atoms with Crippen LogP contribution in [0.15, 0.2) is 18.5 Å². The molecule has 2 heterocycles. The Bertz CT molecular complexity index is 435. The molecule has 13 heavy (non-hydrogen) atoms. The van der Waals surface area contributed by atoms with Crippen molar-refractivity contribution in [3.05, 3.63) is 29.3 Å². The first-order chi connectivity index (χ1) is 6.20. The van der Waals surface area contributed by atoms with Gasteiger partial charge in [0.05, 0.1) is 5.69 Å². The molecule has 0 spiro atoms. The first-order valence-electron chi connectivity index (χ1n) is 3.94. The van der Waals surface area contributed by atoms with Crippen molar-refractivity contribution in [2.45, 2.75) is 13.0 Å². The van der Waals surface area contributed by atoms with Gasteiger partial charge < -0.3 is 5.73 Å². The summed E-state index contributed by atoms with van der Waals surface area (Å²) in [6, 6.07) is 1.67. The molecule has 0 aromatic carbocycles. The topological polar surface area (TPSA) is 56.2 Å². The van der Waals surface area contributed by atoms with Crippen molar-refractivity contribution in [2.24, 2.45) is 5.73 Å². The summed E-state index contributed by atoms with van der Waals surface area (Å²) < 4.78 is 1.80. The van der Waals surface area contributed by atoms with Crippen LogP contribution >= 0.6 is 11.6 Å². The highest BCUT2D eigenvalue weighted by Gasteiger charge is 2.13. The number of halogens is 1. The summed E-state index contributed by atoms with van der Waals surface area (Å²) in [5.41, 5.74) is 6.55. The van der Waals surface area contributed by atoms with Crippen molar-refractivity contribution in [1.82, 2.24) is 14.4 Å². The van der Waals surface area contributed by atoms with Gasteiger partial charge in [0.2, 0.25) is 5.78 Å². The molecule has 0 radical (unpaired) electrons. The van der Waals surface area contributed by atoms with Gasteiger partial charge in [0, 0.05) is 18.4 Å². The summed E-state index contributed by atoms with van der Waals surface area (Å²) >= 11 is 5.91. The Morgan fingerprint density at radius 1 is 1.62 bits per heavy atom. The highest BCUT2D eigenvalue weighted by molar-refractivity contribution is 6.30. The zero-order chi connectivity index (χ0) is 9.42. The normalized spacial score (nSPS) is 13.5. The first kappa shape index (κ1) is 8.47. The quantitative estimate of drug-likeness (QED) is 0.750. The molecule has 0 aliphatic carbocycles. The molecular weight excluding hydrogens is 188 g/mol. The third-order valence-electron chi connectivity index (χ3n) is 1.83. The first-order valence-corrected chi connectivity index (χ1v) is 4.32. The standard InChI is InChI=1S/C8H9ClN4/c1-5(10)6-7(9)12-8-11-3-2-4-13(6)8/h2-5H,10H2,1H3. The van der Waals surface area contributed by atoms with E-state index < -0.39 is 0 Å². The largest absolute Gasteiger partial charge is 0.323 e. The van der Waals surface area contributed by atoms with Crippen LogP contribution in [0.3, 0.4) is 0 Å². The van der Waals surface area contributed by atoms with Crippen LogP contribution in [-0.4, -0.2) is 14.4 Å². The van der Waals surface area contributed by atoms with Gasteiger partial charge in [-0.3, -0.25) is 4.40 Å². The monoisotopic (exact) mass is 196 g/mol. The second-order valence-electron chi connectivity index (χ2n) is 2.87. The van der Waals surface area contributed by atoms with Crippen LogP contribution in [-0.2, 0) is 0 Å². The Morgan fingerprint density at radius 2 is 2.38 bits per heavy atom. The highest BCUT2D eigenvalue weighted by atomic mass is 35.5. The molecule has 0 amide bonds. The number of nitrogens with two attached hydrogens (primary N) is 1. The molecular formula is C8H9ClN4. The maximum atomic E-state index is 5.91. The van der Waals surface area contributed by atoms with E-state index in [0.29, 0.717) is 10.9 Å². The van der Waals surface area contributed by atoms with Gasteiger partial charge in [0.15, 0.2) is 5.15 Å². The third kappa shape index (κ3) is 1.28. The van der Waals surface area contributed by atoms with E-state index in [0.717, 1.165) is 5.69 Å². The molecule has 0 aliphatic heterocycles. The van der Waals surface area contributed by atoms with Crippen molar-refractivity contribution in [1.29, 1.82) is 0 Å². The number of hydrogen-bond donors (Lipinski definition) is 1. The number of hydrogen-bond acceptors (Lipinski definition) is 3. The van der Waals surface area contributed by atoms with E-state index in [4.69, 9.17) is 17.3 Å². The zero-order valence-corrected chi connectivity index (χ0v) is 7.86. The predicted molar refractivity (Wildman–Crippen MR) is 50.6 cm³/mol. The minimum absolute atomic E-state index is 0.147. The number of rotatable bonds is 1. The van der Waals surface area contributed by atoms with Crippen molar-refractivity contribution in [3.63, 3.8) is 0 Å². The van der Waals surface area contributed by atoms with Crippen molar-refractivity contribution in [3.8, 4) is 0 Å². The summed E-state index contributed by atoms with van der Waals surface area (Å²) in [5, 5.41) is 0.425. The van der Waals surface area contributed by atoms with E-state index in [1.165, 1.54) is 0 Å². The number of fused-ring (bicyclic) bond motifs is 1. The van der Waals surface area contributed by atoms with Crippen LogP contribution in [0, 0.1) is 0 Å². The lowest BCUT2D eigenvalue weighted by atomic mass is 10.3. The van der Waals surface area contributed by atoms with Gasteiger partial charge >= 0.3 is 0 Å². The lowest BCUT2D eigenvalue weighted by Gasteiger charge is -2.04. The van der Waals surface area contributed by atoms with Crippen molar-refractivity contribution < 1.29 is 0 Å². The smallest absolute Gasteiger partial charge is 0.235 e. The van der Waals surface area contributed by atoms with Crippen LogP contribution in [0.1, 0.15) is 18.7 Å². The lowest BCUT2D eigenvalue weighted by Crippen LogP contribution is -2.08. The van der Waals surface area contributed by atoms with Gasteiger partial charge in [-0.25, -0.2) is 4.98 Å². The average Bonchev–Trinajstić information content (AvgIpc) is 2.39. The van der Waals surface area contributed by atoms with Crippen LogP contribution in [0.5, 0.6) is 0 Å². The summed E-state index contributed by atoms with van der Waals surface area (Å²) in [4.78, 5) is 8.13. The van der Waals surface area contributed by atoms with E-state index in [1.54, 1.807) is 10.6 Å². The molecule has 2 rings (SSSR count). The molecule has 1 unspecified atom stereocenters. The molecule has 1 atom stereocenters. The van der Waals surface area contributed by atoms with E-state index in [-0.39, 0.29) is 6.04 Å². The molecule has 2 aromatic rings. The van der Waals surface area contributed by atoms with Gasteiger partial charge in [-0.05, 0) is 13.0 Å². The molecule has 68 valence electrons. The van der Waals surface area contributed by atoms with Crippen LogP contribution in [0.2, 0.25) is 5.15 Å². The number of aromatic nitrogens is 3. The summed E-state index contributed by atoms with van der Waals surface area (Å²) in [6.45, 7) is 1.86. The predicted octanol–water partition coefficient (Wildman–Crippen LogP) is 1.40. The highest BCUT2D eigenvalue weighted by Crippen LogP contribution is 2.20. The van der Waals surface area contributed by atoms with Gasteiger partial charge in [-0.15, -0.1) is 0 Å². The van der Waals surface area contributed by atoms with Gasteiger partial charge in [0.25, 0.3) is 0 Å².